The van der Waals surface area contributed by atoms with E-state index in [1.54, 1.807) is 0 Å². The van der Waals surface area contributed by atoms with Gasteiger partial charge in [0.1, 0.15) is 6.54 Å². The minimum absolute atomic E-state index is 0.0376. The monoisotopic (exact) mass is 370 g/mol. The van der Waals surface area contributed by atoms with Crippen molar-refractivity contribution in [1.82, 2.24) is 20.1 Å². The first-order valence-electron chi connectivity index (χ1n) is 8.87. The summed E-state index contributed by atoms with van der Waals surface area (Å²) in [5.74, 6) is -2.26. The number of aromatic amines is 1. The highest BCUT2D eigenvalue weighted by atomic mass is 16.2. The smallest absolute Gasteiger partial charge is 0.334 e. The van der Waals surface area contributed by atoms with Gasteiger partial charge in [0.25, 0.3) is 0 Å². The Morgan fingerprint density at radius 1 is 1.11 bits per heavy atom. The number of carbonyl (C=O) groups is 4. The van der Waals surface area contributed by atoms with Gasteiger partial charge in [-0.1, -0.05) is 32.0 Å². The average Bonchev–Trinajstić information content (AvgIpc) is 3.12. The molecule has 2 N–H and O–H groups in total. The lowest BCUT2D eigenvalue weighted by molar-refractivity contribution is -0.144. The van der Waals surface area contributed by atoms with Gasteiger partial charge in [-0.15, -0.1) is 0 Å². The number of nitrogens with one attached hydrogen (secondary N) is 2. The number of aromatic nitrogens is 1. The van der Waals surface area contributed by atoms with Gasteiger partial charge in [-0.25, -0.2) is 9.69 Å². The maximum atomic E-state index is 12.2. The van der Waals surface area contributed by atoms with Crippen LogP contribution in [0, 0.1) is 5.92 Å². The van der Waals surface area contributed by atoms with Crippen LogP contribution in [0.15, 0.2) is 30.5 Å². The molecule has 0 bridgehead atoms. The van der Waals surface area contributed by atoms with E-state index < -0.39 is 30.3 Å². The molecule has 0 spiro atoms. The fraction of sp³-hybridized carbons (Fsp3) is 0.368. The zero-order valence-electron chi connectivity index (χ0n) is 15.3. The molecule has 27 heavy (non-hydrogen) atoms. The number of hydrogen-bond acceptors (Lipinski definition) is 4. The first kappa shape index (κ1) is 18.6. The van der Waals surface area contributed by atoms with E-state index in [0.29, 0.717) is 17.9 Å². The van der Waals surface area contributed by atoms with Gasteiger partial charge in [0.2, 0.25) is 5.91 Å². The third kappa shape index (κ3) is 3.84. The van der Waals surface area contributed by atoms with Crippen LogP contribution < -0.4 is 5.32 Å². The number of H-pyrrole nitrogens is 1. The van der Waals surface area contributed by atoms with E-state index >= 15 is 0 Å². The summed E-state index contributed by atoms with van der Waals surface area (Å²) in [6.07, 6.45) is 2.50. The summed E-state index contributed by atoms with van der Waals surface area (Å²) in [6, 6.07) is 7.13. The quantitative estimate of drug-likeness (QED) is 0.566. The van der Waals surface area contributed by atoms with E-state index in [2.05, 4.69) is 10.3 Å². The molecule has 2 aromatic rings. The summed E-state index contributed by atoms with van der Waals surface area (Å²) in [6.45, 7) is 3.74. The zero-order chi connectivity index (χ0) is 19.6. The van der Waals surface area contributed by atoms with E-state index in [0.717, 1.165) is 21.4 Å². The van der Waals surface area contributed by atoms with Crippen LogP contribution in [0.2, 0.25) is 0 Å². The number of benzene rings is 1. The Morgan fingerprint density at radius 2 is 1.81 bits per heavy atom. The minimum atomic E-state index is -0.951. The third-order valence-electron chi connectivity index (χ3n) is 4.38. The van der Waals surface area contributed by atoms with Gasteiger partial charge in [-0.3, -0.25) is 19.3 Å². The van der Waals surface area contributed by atoms with E-state index in [1.807, 2.05) is 44.3 Å². The van der Waals surface area contributed by atoms with Crippen LogP contribution in [0.1, 0.15) is 19.4 Å². The summed E-state index contributed by atoms with van der Waals surface area (Å²) in [7, 11) is 0. The molecule has 0 aliphatic carbocycles. The van der Waals surface area contributed by atoms with Crippen molar-refractivity contribution in [3.05, 3.63) is 36.0 Å². The number of urea groups is 1. The number of fused-ring (bicyclic) bond motifs is 1. The van der Waals surface area contributed by atoms with E-state index in [9.17, 15) is 19.2 Å². The summed E-state index contributed by atoms with van der Waals surface area (Å²) in [5.41, 5.74) is 2.09. The zero-order valence-corrected chi connectivity index (χ0v) is 15.3. The van der Waals surface area contributed by atoms with Crippen molar-refractivity contribution < 1.29 is 19.2 Å². The van der Waals surface area contributed by atoms with Gasteiger partial charge < -0.3 is 10.3 Å². The van der Waals surface area contributed by atoms with Crippen molar-refractivity contribution in [2.75, 3.05) is 19.6 Å². The van der Waals surface area contributed by atoms with Crippen molar-refractivity contribution >= 4 is 34.7 Å². The minimum Gasteiger partial charge on any atom is -0.361 e. The molecule has 3 rings (SSSR count). The lowest BCUT2D eigenvalue weighted by Gasteiger charge is -2.16. The molecule has 0 atom stereocenters. The molecule has 5 amide bonds. The first-order valence-corrected chi connectivity index (χ1v) is 8.87. The fourth-order valence-electron chi connectivity index (χ4n) is 3.09. The SMILES string of the molecule is CC(C)CN1C(=O)C(=O)N(CC(=O)NCCc2c[nH]c3ccccc23)C1=O. The fourth-order valence-corrected chi connectivity index (χ4v) is 3.09. The highest BCUT2D eigenvalue weighted by Gasteiger charge is 2.45. The Hall–Kier alpha value is -3.16. The van der Waals surface area contributed by atoms with Crippen LogP contribution in [-0.2, 0) is 20.8 Å². The Bertz CT molecular complexity index is 902. The van der Waals surface area contributed by atoms with Crippen molar-refractivity contribution in [3.63, 3.8) is 0 Å². The van der Waals surface area contributed by atoms with Crippen LogP contribution in [0.25, 0.3) is 10.9 Å². The maximum Gasteiger partial charge on any atom is 0.334 e. The molecular weight excluding hydrogens is 348 g/mol. The van der Waals surface area contributed by atoms with Gasteiger partial charge in [-0.2, -0.15) is 0 Å². The standard InChI is InChI=1S/C19H22N4O4/c1-12(2)10-22-17(25)18(26)23(19(22)27)11-16(24)20-8-7-13-9-21-15-6-4-3-5-14(13)15/h3-6,9,12,21H,7-8,10-11H2,1-2H3,(H,20,24). The third-order valence-corrected chi connectivity index (χ3v) is 4.38. The van der Waals surface area contributed by atoms with Crippen molar-refractivity contribution in [3.8, 4) is 0 Å². The summed E-state index contributed by atoms with van der Waals surface area (Å²) in [4.78, 5) is 53.0. The van der Waals surface area contributed by atoms with E-state index in [-0.39, 0.29) is 12.5 Å². The number of imide groups is 2. The van der Waals surface area contributed by atoms with Crippen LogP contribution >= 0.6 is 0 Å². The highest BCUT2D eigenvalue weighted by molar-refractivity contribution is 6.45. The van der Waals surface area contributed by atoms with Gasteiger partial charge in [0, 0.05) is 30.2 Å². The van der Waals surface area contributed by atoms with Crippen LogP contribution in [-0.4, -0.2) is 58.2 Å². The molecular formula is C19H22N4O4. The molecule has 1 fully saturated rings. The summed E-state index contributed by atoms with van der Waals surface area (Å²) < 4.78 is 0. The molecule has 1 aromatic carbocycles. The lowest BCUT2D eigenvalue weighted by Crippen LogP contribution is -2.42. The van der Waals surface area contributed by atoms with E-state index in [1.165, 1.54) is 0 Å². The van der Waals surface area contributed by atoms with Crippen LogP contribution in [0.3, 0.4) is 0 Å². The molecule has 2 heterocycles. The molecule has 1 aromatic heterocycles. The normalized spacial score (nSPS) is 14.7. The Balaban J connectivity index is 1.54. The van der Waals surface area contributed by atoms with Gasteiger partial charge in [0.05, 0.1) is 0 Å². The number of para-hydroxylation sites is 1. The van der Waals surface area contributed by atoms with Crippen molar-refractivity contribution in [2.24, 2.45) is 5.92 Å². The highest BCUT2D eigenvalue weighted by Crippen LogP contribution is 2.18. The van der Waals surface area contributed by atoms with Gasteiger partial charge in [0.15, 0.2) is 0 Å². The number of rotatable bonds is 7. The van der Waals surface area contributed by atoms with Crippen LogP contribution in [0.5, 0.6) is 0 Å². The second-order valence-corrected chi connectivity index (χ2v) is 6.94. The maximum absolute atomic E-state index is 12.2. The number of amides is 5. The number of hydrogen-bond donors (Lipinski definition) is 2. The molecule has 0 saturated carbocycles. The van der Waals surface area contributed by atoms with Crippen LogP contribution in [0.4, 0.5) is 4.79 Å². The molecule has 0 unspecified atom stereocenters. The topological polar surface area (TPSA) is 103 Å². The Kier molecular flexibility index (Phi) is 5.25. The molecule has 1 saturated heterocycles. The molecule has 8 nitrogen and oxygen atoms in total. The second-order valence-electron chi connectivity index (χ2n) is 6.94. The molecule has 1 aliphatic rings. The first-order chi connectivity index (χ1) is 12.9. The molecule has 0 radical (unpaired) electrons. The molecule has 142 valence electrons. The summed E-state index contributed by atoms with van der Waals surface area (Å²) >= 11 is 0. The number of carbonyl (C=O) groups excluding carboxylic acids is 4. The lowest BCUT2D eigenvalue weighted by atomic mass is 10.1. The van der Waals surface area contributed by atoms with Gasteiger partial charge >= 0.3 is 17.8 Å². The second kappa shape index (κ2) is 7.61. The van der Waals surface area contributed by atoms with Gasteiger partial charge in [-0.05, 0) is 24.0 Å². The predicted octanol–water partition coefficient (Wildman–Crippen LogP) is 1.27. The molecule has 1 aliphatic heterocycles. The average molecular weight is 370 g/mol. The number of nitrogens with zero attached hydrogens (tertiary/aromatic N) is 2. The predicted molar refractivity (Wildman–Crippen MR) is 98.7 cm³/mol. The van der Waals surface area contributed by atoms with Crippen molar-refractivity contribution in [2.45, 2.75) is 20.3 Å². The Morgan fingerprint density at radius 3 is 2.56 bits per heavy atom. The summed E-state index contributed by atoms with van der Waals surface area (Å²) in [5, 5.41) is 3.78. The van der Waals surface area contributed by atoms with Crippen molar-refractivity contribution in [1.29, 1.82) is 0 Å². The Labute approximate surface area is 156 Å². The largest absolute Gasteiger partial charge is 0.361 e. The van der Waals surface area contributed by atoms with E-state index in [4.69, 9.17) is 0 Å². The molecule has 8 heteroatoms.